The molecule has 0 spiro atoms. The summed E-state index contributed by atoms with van der Waals surface area (Å²) in [5.74, 6) is -2.29. The fourth-order valence-electron chi connectivity index (χ4n) is 0.702. The van der Waals surface area contributed by atoms with Crippen LogP contribution in [-0.2, 0) is 14.3 Å². The van der Waals surface area contributed by atoms with Crippen LogP contribution in [0.25, 0.3) is 5.76 Å². The fourth-order valence-corrected chi connectivity index (χ4v) is 1.22. The molecule has 1 heterocycles. The zero-order valence-electron chi connectivity index (χ0n) is 7.26. The zero-order valence-corrected chi connectivity index (χ0v) is 8.08. The third-order valence-electron chi connectivity index (χ3n) is 1.35. The fraction of sp³-hybridized carbons (Fsp3) is 0.125. The van der Waals surface area contributed by atoms with Crippen molar-refractivity contribution in [2.24, 2.45) is 0 Å². The Balaban J connectivity index is 2.79. The van der Waals surface area contributed by atoms with E-state index in [1.807, 2.05) is 0 Å². The van der Waals surface area contributed by atoms with E-state index in [9.17, 15) is 14.7 Å². The van der Waals surface area contributed by atoms with Crippen molar-refractivity contribution < 1.29 is 19.4 Å². The quantitative estimate of drug-likeness (QED) is 0.347. The molecule has 0 aromatic carbocycles. The van der Waals surface area contributed by atoms with Gasteiger partial charge in [-0.25, -0.2) is 4.79 Å². The molecule has 0 aliphatic carbocycles. The summed E-state index contributed by atoms with van der Waals surface area (Å²) in [5.41, 5.74) is 0.257. The van der Waals surface area contributed by atoms with Gasteiger partial charge < -0.3 is 9.84 Å². The molecule has 0 unspecified atom stereocenters. The molecule has 0 saturated heterocycles. The summed E-state index contributed by atoms with van der Waals surface area (Å²) < 4.78 is 7.94. The number of carbonyl (C=O) groups is 2. The normalized spacial score (nSPS) is 11.1. The number of esters is 1. The van der Waals surface area contributed by atoms with Crippen LogP contribution >= 0.6 is 11.5 Å². The zero-order chi connectivity index (χ0) is 10.6. The number of hydrogen-bond acceptors (Lipinski definition) is 6. The molecule has 1 rings (SSSR count). The van der Waals surface area contributed by atoms with Gasteiger partial charge in [0, 0.05) is 11.5 Å². The van der Waals surface area contributed by atoms with Gasteiger partial charge in [0.1, 0.15) is 11.5 Å². The second kappa shape index (κ2) is 4.52. The van der Waals surface area contributed by atoms with E-state index < -0.39 is 11.8 Å². The van der Waals surface area contributed by atoms with E-state index in [4.69, 9.17) is 0 Å². The van der Waals surface area contributed by atoms with E-state index in [0.717, 1.165) is 24.7 Å². The van der Waals surface area contributed by atoms with Crippen molar-refractivity contribution in [2.75, 3.05) is 7.11 Å². The molecule has 0 radical (unpaired) electrons. The van der Waals surface area contributed by atoms with Crippen LogP contribution in [0.5, 0.6) is 0 Å². The van der Waals surface area contributed by atoms with Crippen molar-refractivity contribution in [3.05, 3.63) is 23.2 Å². The number of rotatable bonds is 3. The van der Waals surface area contributed by atoms with Gasteiger partial charge in [-0.1, -0.05) is 0 Å². The SMILES string of the molecule is COC(=O)C(=O)C=C(O)c1ccsn1. The van der Waals surface area contributed by atoms with Gasteiger partial charge in [0.15, 0.2) is 0 Å². The van der Waals surface area contributed by atoms with Crippen molar-refractivity contribution in [1.82, 2.24) is 4.37 Å². The summed E-state index contributed by atoms with van der Waals surface area (Å²) in [7, 11) is 1.09. The third kappa shape index (κ3) is 2.40. The van der Waals surface area contributed by atoms with Crippen LogP contribution in [0.1, 0.15) is 5.69 Å². The number of ketones is 1. The second-order valence-corrected chi connectivity index (χ2v) is 2.94. The minimum Gasteiger partial charge on any atom is -0.505 e. The Morgan fingerprint density at radius 2 is 2.36 bits per heavy atom. The summed E-state index contributed by atoms with van der Waals surface area (Å²) in [6.45, 7) is 0. The molecule has 0 fully saturated rings. The van der Waals surface area contributed by atoms with E-state index in [2.05, 4.69) is 9.11 Å². The molecule has 0 amide bonds. The summed E-state index contributed by atoms with van der Waals surface area (Å²) in [4.78, 5) is 21.6. The first-order chi connectivity index (χ1) is 6.65. The smallest absolute Gasteiger partial charge is 0.378 e. The van der Waals surface area contributed by atoms with E-state index >= 15 is 0 Å². The maximum Gasteiger partial charge on any atom is 0.378 e. The molecule has 6 heteroatoms. The van der Waals surface area contributed by atoms with Crippen LogP contribution in [0.2, 0.25) is 0 Å². The van der Waals surface area contributed by atoms with E-state index in [-0.39, 0.29) is 11.5 Å². The van der Waals surface area contributed by atoms with Crippen LogP contribution < -0.4 is 0 Å². The molecule has 74 valence electrons. The van der Waals surface area contributed by atoms with Crippen molar-refractivity contribution in [2.45, 2.75) is 0 Å². The monoisotopic (exact) mass is 213 g/mol. The van der Waals surface area contributed by atoms with E-state index in [1.54, 1.807) is 5.38 Å². The lowest BCUT2D eigenvalue weighted by atomic mass is 10.3. The van der Waals surface area contributed by atoms with Crippen molar-refractivity contribution in [1.29, 1.82) is 0 Å². The third-order valence-corrected chi connectivity index (χ3v) is 1.91. The highest BCUT2D eigenvalue weighted by atomic mass is 32.1. The molecule has 5 nitrogen and oxygen atoms in total. The number of carbonyl (C=O) groups excluding carboxylic acids is 2. The van der Waals surface area contributed by atoms with Crippen LogP contribution in [0.15, 0.2) is 17.5 Å². The average molecular weight is 213 g/mol. The second-order valence-electron chi connectivity index (χ2n) is 2.27. The highest BCUT2D eigenvalue weighted by Gasteiger charge is 2.13. The molecule has 1 N–H and O–H groups in total. The number of methoxy groups -OCH3 is 1. The van der Waals surface area contributed by atoms with Crippen molar-refractivity contribution in [3.63, 3.8) is 0 Å². The number of ether oxygens (including phenoxy) is 1. The Kier molecular flexibility index (Phi) is 3.35. The minimum atomic E-state index is -1.02. The Labute approximate surface area is 83.8 Å². The number of aromatic nitrogens is 1. The standard InChI is InChI=1S/C8H7NO4S/c1-13-8(12)7(11)4-6(10)5-2-3-14-9-5/h2-4,10H,1H3. The van der Waals surface area contributed by atoms with Gasteiger partial charge in [-0.3, -0.25) is 4.79 Å². The first-order valence-electron chi connectivity index (χ1n) is 3.59. The van der Waals surface area contributed by atoms with Gasteiger partial charge in [0.25, 0.3) is 5.78 Å². The maximum absolute atomic E-state index is 10.9. The lowest BCUT2D eigenvalue weighted by Crippen LogP contribution is -2.13. The van der Waals surface area contributed by atoms with Gasteiger partial charge in [-0.15, -0.1) is 0 Å². The molecule has 14 heavy (non-hydrogen) atoms. The maximum atomic E-state index is 10.9. The first-order valence-corrected chi connectivity index (χ1v) is 4.42. The van der Waals surface area contributed by atoms with E-state index in [0.29, 0.717) is 0 Å². The molecular weight excluding hydrogens is 206 g/mol. The van der Waals surface area contributed by atoms with Crippen LogP contribution in [0.4, 0.5) is 0 Å². The largest absolute Gasteiger partial charge is 0.505 e. The van der Waals surface area contributed by atoms with E-state index in [1.165, 1.54) is 6.07 Å². The molecular formula is C8H7NO4S. The summed E-state index contributed by atoms with van der Waals surface area (Å²) in [6.07, 6.45) is 0.779. The van der Waals surface area contributed by atoms with Gasteiger partial charge in [-0.2, -0.15) is 4.37 Å². The molecule has 0 saturated carbocycles. The molecule has 1 aromatic rings. The highest BCUT2D eigenvalue weighted by molar-refractivity contribution is 7.03. The molecule has 0 aliphatic rings. The summed E-state index contributed by atoms with van der Waals surface area (Å²) in [5, 5.41) is 10.9. The topological polar surface area (TPSA) is 76.5 Å². The van der Waals surface area contributed by atoms with Gasteiger partial charge in [0.2, 0.25) is 0 Å². The van der Waals surface area contributed by atoms with Crippen molar-refractivity contribution in [3.8, 4) is 0 Å². The Hall–Kier alpha value is -1.69. The average Bonchev–Trinajstić information content (AvgIpc) is 2.69. The van der Waals surface area contributed by atoms with Gasteiger partial charge >= 0.3 is 5.97 Å². The Morgan fingerprint density at radius 1 is 1.64 bits per heavy atom. The summed E-state index contributed by atoms with van der Waals surface area (Å²) in [6, 6.07) is 1.53. The first kappa shape index (κ1) is 10.4. The molecule has 0 atom stereocenters. The minimum absolute atomic E-state index is 0.257. The summed E-state index contributed by atoms with van der Waals surface area (Å²) >= 11 is 1.13. The van der Waals surface area contributed by atoms with Crippen molar-refractivity contribution >= 4 is 29.0 Å². The number of nitrogens with zero attached hydrogens (tertiary/aromatic N) is 1. The highest BCUT2D eigenvalue weighted by Crippen LogP contribution is 2.10. The lowest BCUT2D eigenvalue weighted by molar-refractivity contribution is -0.149. The van der Waals surface area contributed by atoms with Gasteiger partial charge in [-0.05, 0) is 17.6 Å². The number of aliphatic hydroxyl groups excluding tert-OH is 1. The van der Waals surface area contributed by atoms with Gasteiger partial charge in [0.05, 0.1) is 7.11 Å². The van der Waals surface area contributed by atoms with Crippen LogP contribution in [0, 0.1) is 0 Å². The molecule has 0 aliphatic heterocycles. The Bertz CT molecular complexity index is 369. The Morgan fingerprint density at radius 3 is 2.86 bits per heavy atom. The lowest BCUT2D eigenvalue weighted by Gasteiger charge is -1.94. The predicted molar refractivity (Wildman–Crippen MR) is 49.7 cm³/mol. The number of aliphatic hydroxyl groups is 1. The van der Waals surface area contributed by atoms with Crippen LogP contribution in [-0.4, -0.2) is 28.3 Å². The van der Waals surface area contributed by atoms with Crippen LogP contribution in [0.3, 0.4) is 0 Å². The number of hydrogen-bond donors (Lipinski definition) is 1. The predicted octanol–water partition coefficient (Wildman–Crippen LogP) is 0.784. The molecule has 1 aromatic heterocycles. The molecule has 0 bridgehead atoms.